The van der Waals surface area contributed by atoms with Crippen LogP contribution in [0.25, 0.3) is 0 Å². The van der Waals surface area contributed by atoms with E-state index < -0.39 is 0 Å². The van der Waals surface area contributed by atoms with Gasteiger partial charge in [0.05, 0.1) is 0 Å². The molecule has 1 fully saturated rings. The van der Waals surface area contributed by atoms with Gasteiger partial charge in [-0.15, -0.1) is 12.4 Å². The topological polar surface area (TPSA) is 41.6 Å². The summed E-state index contributed by atoms with van der Waals surface area (Å²) in [6.07, 6.45) is 3.06. The molecule has 1 amide bonds. The van der Waals surface area contributed by atoms with Crippen LogP contribution in [0.15, 0.2) is 24.3 Å². The van der Waals surface area contributed by atoms with Crippen LogP contribution in [0.2, 0.25) is 0 Å². The molecular weight excluding hydrogens is 288 g/mol. The Morgan fingerprint density at radius 3 is 2.43 bits per heavy atom. The van der Waals surface area contributed by atoms with Crippen molar-refractivity contribution < 1.29 is 9.53 Å². The number of carbonyl (C=O) groups is 1. The number of ether oxygens (including phenoxy) is 1. The lowest BCUT2D eigenvalue weighted by Gasteiger charge is -2.31. The van der Waals surface area contributed by atoms with Gasteiger partial charge in [0.2, 0.25) is 0 Å². The Kier molecular flexibility index (Phi) is 7.54. The predicted molar refractivity (Wildman–Crippen MR) is 87.2 cm³/mol. The number of halogens is 1. The van der Waals surface area contributed by atoms with Crippen molar-refractivity contribution in [1.82, 2.24) is 10.2 Å². The largest absolute Gasteiger partial charge is 0.484 e. The van der Waals surface area contributed by atoms with E-state index in [1.807, 2.05) is 36.2 Å². The summed E-state index contributed by atoms with van der Waals surface area (Å²) in [5, 5.41) is 3.26. The van der Waals surface area contributed by atoms with Gasteiger partial charge >= 0.3 is 0 Å². The van der Waals surface area contributed by atoms with E-state index in [1.165, 1.54) is 5.56 Å². The summed E-state index contributed by atoms with van der Waals surface area (Å²) in [4.78, 5) is 14.0. The molecule has 0 unspecified atom stereocenters. The number of hydrogen-bond acceptors (Lipinski definition) is 3. The number of rotatable bonds is 5. The Labute approximate surface area is 133 Å². The molecule has 0 aromatic heterocycles. The van der Waals surface area contributed by atoms with Gasteiger partial charge in [-0.2, -0.15) is 0 Å². The molecule has 1 aromatic carbocycles. The van der Waals surface area contributed by atoms with Crippen molar-refractivity contribution >= 4 is 18.3 Å². The number of aryl methyl sites for hydroxylation is 1. The molecule has 1 saturated heterocycles. The number of amides is 1. The third-order valence-corrected chi connectivity index (χ3v) is 3.95. The zero-order valence-corrected chi connectivity index (χ0v) is 13.6. The van der Waals surface area contributed by atoms with Gasteiger partial charge in [-0.05, 0) is 44.0 Å². The Morgan fingerprint density at radius 1 is 1.29 bits per heavy atom. The molecule has 21 heavy (non-hydrogen) atoms. The molecule has 5 heteroatoms. The van der Waals surface area contributed by atoms with Crippen molar-refractivity contribution in [3.63, 3.8) is 0 Å². The molecular formula is C16H25ClN2O2. The predicted octanol–water partition coefficient (Wildman–Crippen LogP) is 2.26. The first-order valence-electron chi connectivity index (χ1n) is 7.39. The van der Waals surface area contributed by atoms with E-state index in [1.54, 1.807) is 0 Å². The van der Waals surface area contributed by atoms with Crippen LogP contribution in [0.1, 0.15) is 25.3 Å². The molecule has 1 N–H and O–H groups in total. The van der Waals surface area contributed by atoms with E-state index in [4.69, 9.17) is 4.74 Å². The third kappa shape index (κ3) is 5.21. The van der Waals surface area contributed by atoms with Gasteiger partial charge in [0.15, 0.2) is 6.61 Å². The molecule has 1 aromatic rings. The molecule has 4 nitrogen and oxygen atoms in total. The van der Waals surface area contributed by atoms with E-state index in [0.29, 0.717) is 6.04 Å². The van der Waals surface area contributed by atoms with E-state index in [9.17, 15) is 4.79 Å². The van der Waals surface area contributed by atoms with Gasteiger partial charge < -0.3 is 15.0 Å². The van der Waals surface area contributed by atoms with Crippen molar-refractivity contribution in [3.05, 3.63) is 29.8 Å². The maximum atomic E-state index is 12.1. The summed E-state index contributed by atoms with van der Waals surface area (Å²) >= 11 is 0. The van der Waals surface area contributed by atoms with Crippen LogP contribution >= 0.6 is 12.4 Å². The second-order valence-electron chi connectivity index (χ2n) is 5.23. The van der Waals surface area contributed by atoms with E-state index >= 15 is 0 Å². The van der Waals surface area contributed by atoms with Gasteiger partial charge in [0.25, 0.3) is 5.91 Å². The van der Waals surface area contributed by atoms with Crippen molar-refractivity contribution in [2.75, 3.05) is 26.7 Å². The van der Waals surface area contributed by atoms with Crippen molar-refractivity contribution in [1.29, 1.82) is 0 Å². The minimum absolute atomic E-state index is 0. The number of hydrogen-bond donors (Lipinski definition) is 1. The molecule has 2 rings (SSSR count). The van der Waals surface area contributed by atoms with Crippen LogP contribution in [-0.4, -0.2) is 43.6 Å². The quantitative estimate of drug-likeness (QED) is 0.907. The summed E-state index contributed by atoms with van der Waals surface area (Å²) in [6, 6.07) is 8.48. The van der Waals surface area contributed by atoms with Crippen LogP contribution < -0.4 is 10.1 Å². The first-order chi connectivity index (χ1) is 9.72. The maximum Gasteiger partial charge on any atom is 0.260 e. The number of benzene rings is 1. The van der Waals surface area contributed by atoms with E-state index in [-0.39, 0.29) is 24.9 Å². The standard InChI is InChI=1S/C16H24N2O2.ClH/c1-3-13-4-6-15(7-5-13)20-12-16(19)18-10-8-14(17-2)9-11-18;/h4-7,14,17H,3,8-12H2,1-2H3;1H. The highest BCUT2D eigenvalue weighted by molar-refractivity contribution is 5.85. The monoisotopic (exact) mass is 312 g/mol. The summed E-state index contributed by atoms with van der Waals surface area (Å²) in [5.74, 6) is 0.847. The third-order valence-electron chi connectivity index (χ3n) is 3.95. The number of likely N-dealkylation sites (tertiary alicyclic amines) is 1. The lowest BCUT2D eigenvalue weighted by Crippen LogP contribution is -2.45. The second kappa shape index (κ2) is 8.90. The Hall–Kier alpha value is -1.26. The van der Waals surface area contributed by atoms with Crippen molar-refractivity contribution in [2.24, 2.45) is 0 Å². The highest BCUT2D eigenvalue weighted by Crippen LogP contribution is 2.14. The molecule has 118 valence electrons. The molecule has 0 bridgehead atoms. The molecule has 0 atom stereocenters. The van der Waals surface area contributed by atoms with Gasteiger partial charge in [-0.25, -0.2) is 0 Å². The zero-order chi connectivity index (χ0) is 14.4. The molecule has 0 aliphatic carbocycles. The van der Waals surface area contributed by atoms with Crippen LogP contribution in [0.3, 0.4) is 0 Å². The smallest absolute Gasteiger partial charge is 0.260 e. The van der Waals surface area contributed by atoms with Crippen LogP contribution in [0.5, 0.6) is 5.75 Å². The fourth-order valence-corrected chi connectivity index (χ4v) is 2.48. The van der Waals surface area contributed by atoms with Crippen molar-refractivity contribution in [2.45, 2.75) is 32.2 Å². The summed E-state index contributed by atoms with van der Waals surface area (Å²) in [7, 11) is 1.98. The fraction of sp³-hybridized carbons (Fsp3) is 0.562. The van der Waals surface area contributed by atoms with Crippen molar-refractivity contribution in [3.8, 4) is 5.75 Å². The van der Waals surface area contributed by atoms with E-state index in [0.717, 1.165) is 38.1 Å². The first kappa shape index (κ1) is 17.8. The normalized spacial score (nSPS) is 15.4. The van der Waals surface area contributed by atoms with Crippen LogP contribution in [0, 0.1) is 0 Å². The zero-order valence-electron chi connectivity index (χ0n) is 12.8. The van der Waals surface area contributed by atoms with Crippen LogP contribution in [-0.2, 0) is 11.2 Å². The molecule has 1 aliphatic rings. The minimum atomic E-state index is 0. The highest BCUT2D eigenvalue weighted by atomic mass is 35.5. The Bertz CT molecular complexity index is 428. The summed E-state index contributed by atoms with van der Waals surface area (Å²) < 4.78 is 5.57. The molecule has 0 saturated carbocycles. The minimum Gasteiger partial charge on any atom is -0.484 e. The molecule has 0 spiro atoms. The van der Waals surface area contributed by atoms with Gasteiger partial charge in [0, 0.05) is 19.1 Å². The van der Waals surface area contributed by atoms with E-state index in [2.05, 4.69) is 12.2 Å². The molecule has 0 radical (unpaired) electrons. The van der Waals surface area contributed by atoms with Gasteiger partial charge in [-0.1, -0.05) is 19.1 Å². The van der Waals surface area contributed by atoms with Gasteiger partial charge in [-0.3, -0.25) is 4.79 Å². The molecule has 1 heterocycles. The Balaban J connectivity index is 0.00000220. The molecule has 1 aliphatic heterocycles. The van der Waals surface area contributed by atoms with Gasteiger partial charge in [0.1, 0.15) is 5.75 Å². The summed E-state index contributed by atoms with van der Waals surface area (Å²) in [6.45, 7) is 3.90. The lowest BCUT2D eigenvalue weighted by atomic mass is 10.1. The number of nitrogens with one attached hydrogen (secondary N) is 1. The SMILES string of the molecule is CCc1ccc(OCC(=O)N2CCC(NC)CC2)cc1.Cl. The maximum absolute atomic E-state index is 12.1. The average molecular weight is 313 g/mol. The first-order valence-corrected chi connectivity index (χ1v) is 7.39. The number of carbonyl (C=O) groups excluding carboxylic acids is 1. The number of piperidine rings is 1. The Morgan fingerprint density at radius 2 is 1.90 bits per heavy atom. The lowest BCUT2D eigenvalue weighted by molar-refractivity contribution is -0.134. The second-order valence-corrected chi connectivity index (χ2v) is 5.23. The highest BCUT2D eigenvalue weighted by Gasteiger charge is 2.21. The number of nitrogens with zero attached hydrogens (tertiary/aromatic N) is 1. The fourth-order valence-electron chi connectivity index (χ4n) is 2.48. The summed E-state index contributed by atoms with van der Waals surface area (Å²) in [5.41, 5.74) is 1.28. The van der Waals surface area contributed by atoms with Crippen LogP contribution in [0.4, 0.5) is 0 Å². The average Bonchev–Trinajstić information content (AvgIpc) is 2.53.